The summed E-state index contributed by atoms with van der Waals surface area (Å²) in [6.45, 7) is 6.74. The highest BCUT2D eigenvalue weighted by Crippen LogP contribution is 2.34. The minimum atomic E-state index is 0.0637. The number of anilines is 1. The number of rotatable bonds is 5. The Kier molecular flexibility index (Phi) is 5.45. The first-order chi connectivity index (χ1) is 14.0. The summed E-state index contributed by atoms with van der Waals surface area (Å²) >= 11 is 1.60. The van der Waals surface area contributed by atoms with Crippen LogP contribution in [0, 0.1) is 20.8 Å². The Balaban J connectivity index is 1.73. The first-order valence-corrected chi connectivity index (χ1v) is 10.6. The molecule has 0 unspecified atom stereocenters. The maximum atomic E-state index is 13.4. The zero-order valence-corrected chi connectivity index (χ0v) is 17.8. The third-order valence-corrected chi connectivity index (χ3v) is 6.30. The molecule has 0 aliphatic carbocycles. The summed E-state index contributed by atoms with van der Waals surface area (Å²) in [5, 5.41) is 0.763. The number of carbonyl (C=O) groups excluding carboxylic acids is 1. The molecule has 146 valence electrons. The fourth-order valence-electron chi connectivity index (χ4n) is 3.48. The fraction of sp³-hybridized carbons (Fsp3) is 0.200. The molecule has 0 aliphatic heterocycles. The number of hydrogen-bond donors (Lipinski definition) is 0. The Morgan fingerprint density at radius 3 is 2.34 bits per heavy atom. The predicted octanol–water partition coefficient (Wildman–Crippen LogP) is 6.00. The molecule has 3 aromatic carbocycles. The van der Waals surface area contributed by atoms with Gasteiger partial charge < -0.3 is 0 Å². The predicted molar refractivity (Wildman–Crippen MR) is 122 cm³/mol. The number of hydrogen-bond acceptors (Lipinski definition) is 3. The van der Waals surface area contributed by atoms with Crippen molar-refractivity contribution in [2.45, 2.75) is 33.7 Å². The van der Waals surface area contributed by atoms with Gasteiger partial charge in [-0.1, -0.05) is 83.6 Å². The molecule has 1 aromatic heterocycles. The molecule has 4 rings (SSSR count). The van der Waals surface area contributed by atoms with Crippen LogP contribution in [-0.2, 0) is 17.8 Å². The van der Waals surface area contributed by atoms with Gasteiger partial charge in [-0.25, -0.2) is 4.98 Å². The van der Waals surface area contributed by atoms with Gasteiger partial charge in [-0.3, -0.25) is 9.69 Å². The van der Waals surface area contributed by atoms with Crippen molar-refractivity contribution >= 4 is 32.6 Å². The van der Waals surface area contributed by atoms with E-state index >= 15 is 0 Å². The summed E-state index contributed by atoms with van der Waals surface area (Å²) in [4.78, 5) is 20.1. The Labute approximate surface area is 175 Å². The second-order valence-corrected chi connectivity index (χ2v) is 8.48. The van der Waals surface area contributed by atoms with Crippen molar-refractivity contribution in [1.82, 2.24) is 4.98 Å². The molecule has 0 fully saturated rings. The molecule has 1 heterocycles. The topological polar surface area (TPSA) is 33.2 Å². The van der Waals surface area contributed by atoms with Crippen LogP contribution >= 0.6 is 11.3 Å². The van der Waals surface area contributed by atoms with Crippen molar-refractivity contribution in [2.75, 3.05) is 4.90 Å². The van der Waals surface area contributed by atoms with Crippen molar-refractivity contribution < 1.29 is 4.79 Å². The van der Waals surface area contributed by atoms with Crippen LogP contribution in [0.4, 0.5) is 5.13 Å². The van der Waals surface area contributed by atoms with Gasteiger partial charge in [0.05, 0.1) is 23.2 Å². The van der Waals surface area contributed by atoms with Crippen molar-refractivity contribution in [1.29, 1.82) is 0 Å². The Morgan fingerprint density at radius 1 is 0.897 bits per heavy atom. The number of amides is 1. The molecule has 4 aromatic rings. The number of thiazole rings is 1. The van der Waals surface area contributed by atoms with Crippen LogP contribution in [-0.4, -0.2) is 10.9 Å². The second-order valence-electron chi connectivity index (χ2n) is 7.50. The molecule has 0 saturated heterocycles. The lowest BCUT2D eigenvalue weighted by atomic mass is 10.1. The standard InChI is InChI=1S/C25H24N2OS/c1-17-8-7-11-21(14-17)15-22(28)27(16-20-9-5-4-6-10-20)25-26-23-18(2)12-13-19(3)24(23)29-25/h4-14H,15-16H2,1-3H3. The molecular weight excluding hydrogens is 376 g/mol. The number of aryl methyl sites for hydroxylation is 3. The lowest BCUT2D eigenvalue weighted by Gasteiger charge is -2.20. The van der Waals surface area contributed by atoms with Crippen molar-refractivity contribution in [3.05, 3.63) is 94.5 Å². The molecule has 0 atom stereocenters. The quantitative estimate of drug-likeness (QED) is 0.412. The van der Waals surface area contributed by atoms with Gasteiger partial charge in [-0.2, -0.15) is 0 Å². The first-order valence-electron chi connectivity index (χ1n) is 9.78. The normalized spacial score (nSPS) is 11.0. The van der Waals surface area contributed by atoms with Gasteiger partial charge in [-0.15, -0.1) is 0 Å². The zero-order valence-electron chi connectivity index (χ0n) is 17.0. The van der Waals surface area contributed by atoms with Gasteiger partial charge in [0, 0.05) is 0 Å². The second kappa shape index (κ2) is 8.18. The van der Waals surface area contributed by atoms with E-state index in [2.05, 4.69) is 57.2 Å². The lowest BCUT2D eigenvalue weighted by Crippen LogP contribution is -2.31. The van der Waals surface area contributed by atoms with E-state index in [4.69, 9.17) is 4.98 Å². The molecule has 29 heavy (non-hydrogen) atoms. The molecule has 4 heteroatoms. The molecule has 0 bridgehead atoms. The summed E-state index contributed by atoms with van der Waals surface area (Å²) < 4.78 is 1.15. The minimum absolute atomic E-state index is 0.0637. The Morgan fingerprint density at radius 2 is 1.62 bits per heavy atom. The van der Waals surface area contributed by atoms with Crippen LogP contribution in [0.2, 0.25) is 0 Å². The molecule has 3 nitrogen and oxygen atoms in total. The van der Waals surface area contributed by atoms with Crippen LogP contribution in [0.3, 0.4) is 0 Å². The minimum Gasteiger partial charge on any atom is -0.283 e. The summed E-state index contributed by atoms with van der Waals surface area (Å²) in [5.74, 6) is 0.0637. The highest BCUT2D eigenvalue weighted by molar-refractivity contribution is 7.22. The van der Waals surface area contributed by atoms with E-state index in [1.165, 1.54) is 5.56 Å². The summed E-state index contributed by atoms with van der Waals surface area (Å²) in [5.41, 5.74) is 6.61. The molecule has 0 aliphatic rings. The molecule has 1 amide bonds. The first kappa shape index (κ1) is 19.3. The summed E-state index contributed by atoms with van der Waals surface area (Å²) in [7, 11) is 0. The van der Waals surface area contributed by atoms with E-state index in [1.807, 2.05) is 35.2 Å². The SMILES string of the molecule is Cc1cccc(CC(=O)N(Cc2ccccc2)c2nc3c(C)ccc(C)c3s2)c1. The maximum absolute atomic E-state index is 13.4. The van der Waals surface area contributed by atoms with Gasteiger partial charge >= 0.3 is 0 Å². The largest absolute Gasteiger partial charge is 0.283 e. The van der Waals surface area contributed by atoms with Crippen LogP contribution in [0.5, 0.6) is 0 Å². The Bertz CT molecular complexity index is 1130. The van der Waals surface area contributed by atoms with E-state index in [-0.39, 0.29) is 5.91 Å². The van der Waals surface area contributed by atoms with Gasteiger partial charge in [0.1, 0.15) is 0 Å². The molecule has 0 N–H and O–H groups in total. The van der Waals surface area contributed by atoms with Crippen molar-refractivity contribution in [3.8, 4) is 0 Å². The van der Waals surface area contributed by atoms with Gasteiger partial charge in [0.15, 0.2) is 5.13 Å². The third kappa shape index (κ3) is 4.22. The molecule has 0 spiro atoms. The highest BCUT2D eigenvalue weighted by atomic mass is 32.1. The average Bonchev–Trinajstić information content (AvgIpc) is 3.16. The third-order valence-electron chi connectivity index (χ3n) is 5.08. The van der Waals surface area contributed by atoms with Crippen LogP contribution in [0.1, 0.15) is 27.8 Å². The number of benzene rings is 3. The monoisotopic (exact) mass is 400 g/mol. The number of nitrogens with zero attached hydrogens (tertiary/aromatic N) is 2. The van der Waals surface area contributed by atoms with E-state index in [9.17, 15) is 4.79 Å². The number of aromatic nitrogens is 1. The summed E-state index contributed by atoms with van der Waals surface area (Å²) in [6, 6.07) is 22.5. The van der Waals surface area contributed by atoms with Crippen LogP contribution in [0.15, 0.2) is 66.7 Å². The number of carbonyl (C=O) groups is 1. The molecular formula is C25H24N2OS. The van der Waals surface area contributed by atoms with E-state index in [0.717, 1.165) is 37.6 Å². The number of fused-ring (bicyclic) bond motifs is 1. The maximum Gasteiger partial charge on any atom is 0.233 e. The van der Waals surface area contributed by atoms with Gasteiger partial charge in [-0.05, 0) is 43.0 Å². The van der Waals surface area contributed by atoms with Gasteiger partial charge in [0.2, 0.25) is 5.91 Å². The Hall–Kier alpha value is -2.98. The van der Waals surface area contributed by atoms with Gasteiger partial charge in [0.25, 0.3) is 0 Å². The van der Waals surface area contributed by atoms with E-state index in [0.29, 0.717) is 13.0 Å². The highest BCUT2D eigenvalue weighted by Gasteiger charge is 2.21. The van der Waals surface area contributed by atoms with E-state index in [1.54, 1.807) is 11.3 Å². The fourth-order valence-corrected chi connectivity index (χ4v) is 4.61. The smallest absolute Gasteiger partial charge is 0.233 e. The van der Waals surface area contributed by atoms with Crippen LogP contribution < -0.4 is 4.90 Å². The van der Waals surface area contributed by atoms with Crippen LogP contribution in [0.25, 0.3) is 10.2 Å². The lowest BCUT2D eigenvalue weighted by molar-refractivity contribution is -0.118. The van der Waals surface area contributed by atoms with Crippen molar-refractivity contribution in [2.24, 2.45) is 0 Å². The van der Waals surface area contributed by atoms with E-state index < -0.39 is 0 Å². The average molecular weight is 401 g/mol. The summed E-state index contributed by atoms with van der Waals surface area (Å²) in [6.07, 6.45) is 0.363. The zero-order chi connectivity index (χ0) is 20.4. The molecule has 0 radical (unpaired) electrons. The molecule has 0 saturated carbocycles. The van der Waals surface area contributed by atoms with Crippen molar-refractivity contribution in [3.63, 3.8) is 0 Å².